The summed E-state index contributed by atoms with van der Waals surface area (Å²) in [4.78, 5) is 10.5. The minimum absolute atomic E-state index is 0.0650. The fourth-order valence-corrected chi connectivity index (χ4v) is 3.56. The van der Waals surface area contributed by atoms with Crippen LogP contribution in [0.2, 0.25) is 0 Å². The minimum atomic E-state index is -1.21. The topological polar surface area (TPSA) is 185 Å². The molecule has 9 N–H and O–H groups in total. The van der Waals surface area contributed by atoms with E-state index in [9.17, 15) is 20.1 Å². The summed E-state index contributed by atoms with van der Waals surface area (Å²) in [7, 11) is 0. The maximum atomic E-state index is 10.5. The number of carboxylic acid groups (broad SMARTS) is 1. The quantitative estimate of drug-likeness (QED) is 0.125. The number of aliphatic hydroxyl groups excluding tert-OH is 6. The van der Waals surface area contributed by atoms with Crippen LogP contribution < -0.4 is 5.73 Å². The van der Waals surface area contributed by atoms with Gasteiger partial charge in [0.25, 0.3) is 0 Å². The smallest absolute Gasteiger partial charge is 0.303 e. The fraction of sp³-hybridized carbons (Fsp3) is 0.792. The van der Waals surface area contributed by atoms with E-state index in [0.717, 1.165) is 25.7 Å². The van der Waals surface area contributed by atoms with Crippen LogP contribution in [-0.4, -0.2) is 85.4 Å². The Morgan fingerprint density at radius 3 is 2.21 bits per heavy atom. The number of carbonyl (C=O) groups is 1. The van der Waals surface area contributed by atoms with Crippen LogP contribution in [0, 0.1) is 11.8 Å². The normalized spacial score (nSPS) is 24.2. The van der Waals surface area contributed by atoms with Gasteiger partial charge < -0.3 is 41.5 Å². The molecule has 0 aromatic rings. The van der Waals surface area contributed by atoms with Crippen LogP contribution in [0.4, 0.5) is 0 Å². The molecule has 5 atom stereocenters. The molecule has 1 aliphatic rings. The molecule has 0 unspecified atom stereocenters. The number of aliphatic carboxylic acids is 1. The van der Waals surface area contributed by atoms with Crippen molar-refractivity contribution in [1.29, 1.82) is 0 Å². The van der Waals surface area contributed by atoms with Crippen LogP contribution in [-0.2, 0) is 4.79 Å². The number of rotatable bonds is 15. The molecule has 1 saturated carbocycles. The molecule has 0 heterocycles. The molecule has 0 amide bonds. The zero-order valence-corrected chi connectivity index (χ0v) is 19.8. The van der Waals surface area contributed by atoms with Crippen LogP contribution >= 0.6 is 0 Å². The van der Waals surface area contributed by atoms with Crippen LogP contribution in [0.15, 0.2) is 24.3 Å². The Balaban J connectivity index is 0.00000109. The SMILES string of the molecule is CCCCC[C@H](O)/C=C/[C@@H]1[C@@H](CC=CCCCC(=O)O)[C@@H](O)C[C@H]1O.NC(CO)(CO)CO. The molecule has 1 rings (SSSR count). The zero-order valence-electron chi connectivity index (χ0n) is 19.8. The highest BCUT2D eigenvalue weighted by Crippen LogP contribution is 2.36. The maximum Gasteiger partial charge on any atom is 0.303 e. The lowest BCUT2D eigenvalue weighted by Crippen LogP contribution is -2.50. The van der Waals surface area contributed by atoms with Gasteiger partial charge in [0.1, 0.15) is 0 Å². The van der Waals surface area contributed by atoms with Gasteiger partial charge in [0.15, 0.2) is 0 Å². The summed E-state index contributed by atoms with van der Waals surface area (Å²) in [6.45, 7) is 0.915. The van der Waals surface area contributed by atoms with Gasteiger partial charge in [0, 0.05) is 18.8 Å². The number of hydrogen-bond donors (Lipinski definition) is 8. The van der Waals surface area contributed by atoms with E-state index in [2.05, 4.69) is 6.92 Å². The van der Waals surface area contributed by atoms with Gasteiger partial charge in [-0.3, -0.25) is 4.79 Å². The lowest BCUT2D eigenvalue weighted by molar-refractivity contribution is -0.137. The number of carboxylic acids is 1. The fourth-order valence-electron chi connectivity index (χ4n) is 3.56. The van der Waals surface area contributed by atoms with Gasteiger partial charge in [-0.1, -0.05) is 50.5 Å². The summed E-state index contributed by atoms with van der Waals surface area (Å²) in [5.41, 5.74) is 3.94. The van der Waals surface area contributed by atoms with Crippen LogP contribution in [0.3, 0.4) is 0 Å². The molecular formula is C24H45NO8. The van der Waals surface area contributed by atoms with Gasteiger partial charge in [-0.2, -0.15) is 0 Å². The number of aliphatic hydroxyl groups is 6. The Kier molecular flexibility index (Phi) is 17.3. The molecule has 0 aromatic heterocycles. The van der Waals surface area contributed by atoms with E-state index in [1.54, 1.807) is 6.08 Å². The second kappa shape index (κ2) is 18.1. The van der Waals surface area contributed by atoms with E-state index in [0.29, 0.717) is 25.7 Å². The molecule has 0 spiro atoms. The van der Waals surface area contributed by atoms with E-state index < -0.39 is 49.6 Å². The van der Waals surface area contributed by atoms with Crippen molar-refractivity contribution in [3.63, 3.8) is 0 Å². The van der Waals surface area contributed by atoms with Crippen LogP contribution in [0.5, 0.6) is 0 Å². The summed E-state index contributed by atoms with van der Waals surface area (Å²) in [6, 6.07) is 0. The van der Waals surface area contributed by atoms with Gasteiger partial charge >= 0.3 is 5.97 Å². The molecular weight excluding hydrogens is 430 g/mol. The largest absolute Gasteiger partial charge is 0.481 e. The van der Waals surface area contributed by atoms with Crippen molar-refractivity contribution >= 4 is 5.97 Å². The molecule has 1 aliphatic carbocycles. The first-order valence-corrected chi connectivity index (χ1v) is 11.8. The molecule has 194 valence electrons. The van der Waals surface area contributed by atoms with Crippen molar-refractivity contribution in [2.45, 2.75) is 88.6 Å². The highest BCUT2D eigenvalue weighted by molar-refractivity contribution is 5.66. The summed E-state index contributed by atoms with van der Waals surface area (Å²) in [5, 5.41) is 64.0. The molecule has 0 aliphatic heterocycles. The third kappa shape index (κ3) is 13.8. The number of nitrogens with two attached hydrogens (primary N) is 1. The van der Waals surface area contributed by atoms with Gasteiger partial charge in [0.05, 0.1) is 43.7 Å². The van der Waals surface area contributed by atoms with Crippen molar-refractivity contribution in [1.82, 2.24) is 0 Å². The highest BCUT2D eigenvalue weighted by Gasteiger charge is 2.39. The Bertz CT molecular complexity index is 556. The molecule has 0 aromatic carbocycles. The Hall–Kier alpha value is -1.33. The third-order valence-electron chi connectivity index (χ3n) is 5.86. The highest BCUT2D eigenvalue weighted by atomic mass is 16.4. The molecule has 33 heavy (non-hydrogen) atoms. The average Bonchev–Trinajstić information content (AvgIpc) is 3.06. The average molecular weight is 476 g/mol. The van der Waals surface area contributed by atoms with E-state index in [4.69, 9.17) is 26.2 Å². The molecule has 0 bridgehead atoms. The van der Waals surface area contributed by atoms with Crippen molar-refractivity contribution in [3.8, 4) is 0 Å². The van der Waals surface area contributed by atoms with E-state index >= 15 is 0 Å². The first-order chi connectivity index (χ1) is 15.6. The predicted octanol–water partition coefficient (Wildman–Crippen LogP) is 0.704. The van der Waals surface area contributed by atoms with E-state index in [-0.39, 0.29) is 18.3 Å². The Morgan fingerprint density at radius 2 is 1.70 bits per heavy atom. The van der Waals surface area contributed by atoms with Crippen molar-refractivity contribution < 1.29 is 40.5 Å². The van der Waals surface area contributed by atoms with Gasteiger partial charge in [-0.25, -0.2) is 0 Å². The van der Waals surface area contributed by atoms with Gasteiger partial charge in [0.2, 0.25) is 0 Å². The standard InChI is InChI=1S/C20H34O5.C4H11NO3/c1-2-3-6-9-15(21)12-13-17-16(18(22)14-19(17)23)10-7-4-5-8-11-20(24)25;5-4(1-6,2-7)3-8/h4,7,12-13,15-19,21-23H,2-3,5-6,8-11,14H2,1H3,(H,24,25);6-8H,1-3,5H2/b7-4?,13-12+;/t15-,16+,17+,18-,19+;/m0./s1. The summed E-state index contributed by atoms with van der Waals surface area (Å²) < 4.78 is 0. The Morgan fingerprint density at radius 1 is 1.06 bits per heavy atom. The predicted molar refractivity (Wildman–Crippen MR) is 126 cm³/mol. The molecule has 9 heteroatoms. The molecule has 1 fully saturated rings. The lowest BCUT2D eigenvalue weighted by Gasteiger charge is -2.20. The minimum Gasteiger partial charge on any atom is -0.481 e. The Labute approximate surface area is 197 Å². The third-order valence-corrected chi connectivity index (χ3v) is 5.86. The van der Waals surface area contributed by atoms with Gasteiger partial charge in [-0.15, -0.1) is 0 Å². The van der Waals surface area contributed by atoms with Gasteiger partial charge in [-0.05, 0) is 31.6 Å². The summed E-state index contributed by atoms with van der Waals surface area (Å²) in [5.74, 6) is -1.00. The first-order valence-electron chi connectivity index (χ1n) is 11.8. The van der Waals surface area contributed by atoms with Crippen LogP contribution in [0.25, 0.3) is 0 Å². The zero-order chi connectivity index (χ0) is 25.3. The number of hydrogen-bond acceptors (Lipinski definition) is 8. The first kappa shape index (κ1) is 31.7. The molecule has 9 nitrogen and oxygen atoms in total. The summed E-state index contributed by atoms with van der Waals surface area (Å²) in [6.07, 6.45) is 12.3. The van der Waals surface area contributed by atoms with Crippen molar-refractivity contribution in [2.75, 3.05) is 19.8 Å². The number of unbranched alkanes of at least 4 members (excludes halogenated alkanes) is 3. The molecule has 0 radical (unpaired) electrons. The van der Waals surface area contributed by atoms with E-state index in [1.807, 2.05) is 18.2 Å². The molecule has 0 saturated heterocycles. The maximum absolute atomic E-state index is 10.5. The van der Waals surface area contributed by atoms with Crippen LogP contribution in [0.1, 0.15) is 64.7 Å². The summed E-state index contributed by atoms with van der Waals surface area (Å²) >= 11 is 0. The second-order valence-corrected chi connectivity index (χ2v) is 8.89. The monoisotopic (exact) mass is 475 g/mol. The number of allylic oxidation sites excluding steroid dienone is 2. The lowest BCUT2D eigenvalue weighted by atomic mass is 9.89. The van der Waals surface area contributed by atoms with Crippen molar-refractivity contribution in [2.24, 2.45) is 17.6 Å². The second-order valence-electron chi connectivity index (χ2n) is 8.89. The van der Waals surface area contributed by atoms with Crippen molar-refractivity contribution in [3.05, 3.63) is 24.3 Å². The van der Waals surface area contributed by atoms with E-state index in [1.165, 1.54) is 0 Å².